The largest absolute Gasteiger partial charge is 0.396 e. The van der Waals surface area contributed by atoms with Crippen molar-refractivity contribution in [3.05, 3.63) is 24.8 Å². The van der Waals surface area contributed by atoms with Crippen molar-refractivity contribution in [3.8, 4) is 0 Å². The summed E-state index contributed by atoms with van der Waals surface area (Å²) in [5.74, 6) is 1.44. The van der Waals surface area contributed by atoms with E-state index in [0.29, 0.717) is 37.0 Å². The molecule has 5 fully saturated rings. The topological polar surface area (TPSA) is 107 Å². The highest BCUT2D eigenvalue weighted by Gasteiger charge is 2.58. The summed E-state index contributed by atoms with van der Waals surface area (Å²) in [7, 11) is 0. The van der Waals surface area contributed by atoms with E-state index in [1.54, 1.807) is 6.08 Å². The van der Waals surface area contributed by atoms with E-state index >= 15 is 0 Å². The number of ether oxygens (including phenoxy) is 5. The van der Waals surface area contributed by atoms with E-state index in [-0.39, 0.29) is 49.3 Å². The molecule has 5 rings (SSSR count). The number of aliphatic hydroxyl groups excluding tert-OH is 2. The number of rotatable bonds is 11. The molecule has 0 spiro atoms. The van der Waals surface area contributed by atoms with E-state index in [2.05, 4.69) is 47.3 Å². The summed E-state index contributed by atoms with van der Waals surface area (Å²) in [6.07, 6.45) is 14.2. The second-order valence-corrected chi connectivity index (χ2v) is 16.6. The molecule has 5 saturated heterocycles. The number of allylic oxidation sites excluding steroid dienone is 3. The molecule has 0 aromatic carbocycles. The minimum atomic E-state index is -0.917. The third-order valence-electron chi connectivity index (χ3n) is 12.8. The number of hydrogen-bond donors (Lipinski definition) is 3. The maximum atomic E-state index is 11.7. The van der Waals surface area contributed by atoms with E-state index in [9.17, 15) is 15.3 Å². The van der Waals surface area contributed by atoms with Crippen molar-refractivity contribution in [2.24, 2.45) is 17.8 Å². The number of aliphatic hydroxyl groups is 3. The second kappa shape index (κ2) is 15.6. The predicted octanol–water partition coefficient (Wildman–Crippen LogP) is 6.43. The van der Waals surface area contributed by atoms with Crippen molar-refractivity contribution >= 4 is 0 Å². The van der Waals surface area contributed by atoms with E-state index in [0.717, 1.165) is 64.2 Å². The monoisotopic (exact) mass is 662 g/mol. The molecule has 0 radical (unpaired) electrons. The molecule has 270 valence electrons. The highest BCUT2D eigenvalue weighted by molar-refractivity contribution is 5.07. The average Bonchev–Trinajstić information content (AvgIpc) is 3.27. The quantitative estimate of drug-likeness (QED) is 0.218. The Morgan fingerprint density at radius 3 is 2.30 bits per heavy atom. The molecule has 5 aliphatic heterocycles. The summed E-state index contributed by atoms with van der Waals surface area (Å²) in [5, 5.41) is 32.4. The van der Waals surface area contributed by atoms with Gasteiger partial charge in [0.1, 0.15) is 6.10 Å². The molecule has 3 N–H and O–H groups in total. The van der Waals surface area contributed by atoms with Crippen LogP contribution >= 0.6 is 0 Å². The molecule has 0 bridgehead atoms. The first-order valence-electron chi connectivity index (χ1n) is 18.9. The van der Waals surface area contributed by atoms with Gasteiger partial charge < -0.3 is 39.0 Å². The fourth-order valence-corrected chi connectivity index (χ4v) is 9.19. The van der Waals surface area contributed by atoms with E-state index in [1.807, 2.05) is 13.0 Å². The molecule has 8 nitrogen and oxygen atoms in total. The van der Waals surface area contributed by atoms with E-state index < -0.39 is 29.0 Å². The van der Waals surface area contributed by atoms with Crippen LogP contribution in [0.15, 0.2) is 24.8 Å². The Hall–Kier alpha value is -0.840. The van der Waals surface area contributed by atoms with Gasteiger partial charge in [0.2, 0.25) is 0 Å². The Morgan fingerprint density at radius 1 is 0.872 bits per heavy atom. The third kappa shape index (κ3) is 8.56. The number of hydrogen-bond acceptors (Lipinski definition) is 8. The normalized spacial score (nSPS) is 46.9. The zero-order chi connectivity index (χ0) is 34.0. The Bertz CT molecular complexity index is 1050. The minimum Gasteiger partial charge on any atom is -0.396 e. The summed E-state index contributed by atoms with van der Waals surface area (Å²) in [6.45, 7) is 17.0. The highest BCUT2D eigenvalue weighted by atomic mass is 16.6. The van der Waals surface area contributed by atoms with E-state index in [1.165, 1.54) is 0 Å². The van der Waals surface area contributed by atoms with Gasteiger partial charge in [-0.3, -0.25) is 0 Å². The zero-order valence-electron chi connectivity index (χ0n) is 30.1. The third-order valence-corrected chi connectivity index (χ3v) is 12.8. The van der Waals surface area contributed by atoms with E-state index in [4.69, 9.17) is 23.7 Å². The van der Waals surface area contributed by atoms with Gasteiger partial charge in [0, 0.05) is 19.4 Å². The van der Waals surface area contributed by atoms with Gasteiger partial charge in [-0.15, -0.1) is 0 Å². The molecule has 5 aliphatic rings. The standard InChI is InChI=1S/C39H66O8/c1-8-9-10-11-15-33-37(5,42)19-16-30-31(43-33)17-20-38(6)35(44-30)23-32-36(47-38)28(41)24-39(7)34(45-32)22-27(4)29(46-39)14-12-13-25(2)26(3)18-21-40/h8-10,25-36,40-42H,1,11-24H2,2-7H3/b10-9-. The van der Waals surface area contributed by atoms with Crippen molar-refractivity contribution in [1.29, 1.82) is 0 Å². The van der Waals surface area contributed by atoms with Gasteiger partial charge >= 0.3 is 0 Å². The Balaban J connectivity index is 1.24. The summed E-state index contributed by atoms with van der Waals surface area (Å²) < 4.78 is 34.3. The molecule has 15 unspecified atom stereocenters. The van der Waals surface area contributed by atoms with Crippen LogP contribution in [-0.4, -0.2) is 93.7 Å². The summed E-state index contributed by atoms with van der Waals surface area (Å²) >= 11 is 0. The Kier molecular flexibility index (Phi) is 12.4. The lowest BCUT2D eigenvalue weighted by atomic mass is 9.79. The van der Waals surface area contributed by atoms with Gasteiger partial charge in [-0.2, -0.15) is 0 Å². The van der Waals surface area contributed by atoms with Crippen LogP contribution in [-0.2, 0) is 23.7 Å². The van der Waals surface area contributed by atoms with Gasteiger partial charge in [0.25, 0.3) is 0 Å². The maximum absolute atomic E-state index is 11.7. The Morgan fingerprint density at radius 2 is 1.55 bits per heavy atom. The molecule has 0 aromatic rings. The summed E-state index contributed by atoms with van der Waals surface area (Å²) in [6, 6.07) is 0. The first kappa shape index (κ1) is 37.4. The zero-order valence-corrected chi connectivity index (χ0v) is 30.1. The number of fused-ring (bicyclic) bond motifs is 4. The SMILES string of the molecule is C=C/C=C\CCC1OC2CCC3(C)OC4C(O)CC5(C)OC(CCCC(C)C(C)CCO)C(C)CC5OC4CC3OC2CCC1(C)O. The molecular formula is C39H66O8. The van der Waals surface area contributed by atoms with Crippen LogP contribution < -0.4 is 0 Å². The van der Waals surface area contributed by atoms with Crippen molar-refractivity contribution in [2.45, 2.75) is 197 Å². The molecule has 0 aliphatic carbocycles. The molecular weight excluding hydrogens is 596 g/mol. The van der Waals surface area contributed by atoms with Crippen molar-refractivity contribution in [2.75, 3.05) is 6.61 Å². The van der Waals surface area contributed by atoms with Crippen LogP contribution in [0.5, 0.6) is 0 Å². The molecule has 0 amide bonds. The smallest absolute Gasteiger partial charge is 0.111 e. The van der Waals surface area contributed by atoms with Gasteiger partial charge in [-0.25, -0.2) is 0 Å². The summed E-state index contributed by atoms with van der Waals surface area (Å²) in [5.41, 5.74) is -2.07. The summed E-state index contributed by atoms with van der Waals surface area (Å²) in [4.78, 5) is 0. The first-order valence-corrected chi connectivity index (χ1v) is 18.9. The fraction of sp³-hybridized carbons (Fsp3) is 0.897. The molecule has 8 heteroatoms. The van der Waals surface area contributed by atoms with Gasteiger partial charge in [-0.05, 0) is 96.3 Å². The van der Waals surface area contributed by atoms with Crippen molar-refractivity contribution in [1.82, 2.24) is 0 Å². The minimum absolute atomic E-state index is 0.118. The lowest BCUT2D eigenvalue weighted by molar-refractivity contribution is -0.273. The molecule has 0 saturated carbocycles. The van der Waals surface area contributed by atoms with Crippen LogP contribution in [0.4, 0.5) is 0 Å². The molecule has 0 aromatic heterocycles. The maximum Gasteiger partial charge on any atom is 0.111 e. The lowest BCUT2D eigenvalue weighted by Gasteiger charge is -2.49. The van der Waals surface area contributed by atoms with Crippen LogP contribution in [0.2, 0.25) is 0 Å². The van der Waals surface area contributed by atoms with Crippen LogP contribution in [0.25, 0.3) is 0 Å². The average molecular weight is 663 g/mol. The molecule has 47 heavy (non-hydrogen) atoms. The fourth-order valence-electron chi connectivity index (χ4n) is 9.19. The van der Waals surface area contributed by atoms with Crippen molar-refractivity contribution in [3.63, 3.8) is 0 Å². The highest BCUT2D eigenvalue weighted by Crippen LogP contribution is 2.49. The Labute approximate surface area is 284 Å². The molecule has 5 heterocycles. The molecule has 15 atom stereocenters. The predicted molar refractivity (Wildman–Crippen MR) is 183 cm³/mol. The van der Waals surface area contributed by atoms with Crippen LogP contribution in [0.1, 0.15) is 125 Å². The van der Waals surface area contributed by atoms with Gasteiger partial charge in [-0.1, -0.05) is 58.4 Å². The van der Waals surface area contributed by atoms with Gasteiger partial charge in [0.05, 0.1) is 65.6 Å². The van der Waals surface area contributed by atoms with Crippen LogP contribution in [0.3, 0.4) is 0 Å². The van der Waals surface area contributed by atoms with Crippen LogP contribution in [0, 0.1) is 17.8 Å². The second-order valence-electron chi connectivity index (χ2n) is 16.6. The van der Waals surface area contributed by atoms with Crippen molar-refractivity contribution < 1.29 is 39.0 Å². The lowest BCUT2D eigenvalue weighted by Crippen LogP contribution is -2.59. The first-order chi connectivity index (χ1) is 22.3. The van der Waals surface area contributed by atoms with Gasteiger partial charge in [0.15, 0.2) is 0 Å².